The molecule has 0 saturated heterocycles. The van der Waals surface area contributed by atoms with E-state index in [4.69, 9.17) is 9.97 Å². The zero-order valence-electron chi connectivity index (χ0n) is 29.9. The second-order valence-electron chi connectivity index (χ2n) is 14.1. The average molecular weight is 700 g/mol. The van der Waals surface area contributed by atoms with Gasteiger partial charge >= 0.3 is 0 Å². The molecular weight excluding hydrogens is 667 g/mol. The van der Waals surface area contributed by atoms with Gasteiger partial charge in [-0.1, -0.05) is 170 Å². The molecule has 0 aliphatic rings. The highest BCUT2D eigenvalue weighted by atomic mass is 15.0. The molecule has 11 rings (SSSR count). The number of rotatable bonds is 5. The third-order valence-electron chi connectivity index (χ3n) is 11.0. The normalized spacial score (nSPS) is 11.6. The van der Waals surface area contributed by atoms with Gasteiger partial charge in [-0.3, -0.25) is 0 Å². The van der Waals surface area contributed by atoms with Crippen LogP contribution in [0.4, 0.5) is 0 Å². The van der Waals surface area contributed by atoms with Crippen LogP contribution in [0.2, 0.25) is 0 Å². The first-order valence-electron chi connectivity index (χ1n) is 18.8. The fraction of sp³-hybridized carbons (Fsp3) is 0. The molecule has 0 atom stereocenters. The van der Waals surface area contributed by atoms with Crippen LogP contribution in [0.1, 0.15) is 0 Å². The molecule has 0 amide bonds. The number of nitrogens with zero attached hydrogens (tertiary/aromatic N) is 3. The largest absolute Gasteiger partial charge is 0.309 e. The Kier molecular flexibility index (Phi) is 7.17. The summed E-state index contributed by atoms with van der Waals surface area (Å²) in [6.45, 7) is 0. The van der Waals surface area contributed by atoms with E-state index < -0.39 is 0 Å². The Morgan fingerprint density at radius 2 is 0.782 bits per heavy atom. The monoisotopic (exact) mass is 699 g/mol. The summed E-state index contributed by atoms with van der Waals surface area (Å²) < 4.78 is 2.45. The maximum atomic E-state index is 5.32. The molecule has 3 nitrogen and oxygen atoms in total. The Labute approximate surface area is 318 Å². The van der Waals surface area contributed by atoms with Gasteiger partial charge in [0.2, 0.25) is 0 Å². The maximum Gasteiger partial charge on any atom is 0.160 e. The lowest BCUT2D eigenvalue weighted by atomic mass is 9.94. The molecule has 9 aromatic carbocycles. The van der Waals surface area contributed by atoms with Crippen molar-refractivity contribution in [3.05, 3.63) is 200 Å². The smallest absolute Gasteiger partial charge is 0.160 e. The van der Waals surface area contributed by atoms with E-state index in [1.54, 1.807) is 0 Å². The van der Waals surface area contributed by atoms with Gasteiger partial charge in [0.15, 0.2) is 5.82 Å². The number of aromatic nitrogens is 3. The van der Waals surface area contributed by atoms with Crippen molar-refractivity contribution in [2.24, 2.45) is 0 Å². The zero-order valence-corrected chi connectivity index (χ0v) is 29.9. The van der Waals surface area contributed by atoms with Crippen LogP contribution in [0.25, 0.3) is 105 Å². The summed E-state index contributed by atoms with van der Waals surface area (Å²) in [7, 11) is 0. The van der Waals surface area contributed by atoms with Crippen LogP contribution in [0.3, 0.4) is 0 Å². The van der Waals surface area contributed by atoms with Crippen LogP contribution in [-0.4, -0.2) is 14.5 Å². The number of hydrogen-bond acceptors (Lipinski definition) is 2. The van der Waals surface area contributed by atoms with Gasteiger partial charge < -0.3 is 4.57 Å². The molecule has 2 aromatic heterocycles. The Morgan fingerprint density at radius 3 is 1.40 bits per heavy atom. The first kappa shape index (κ1) is 31.2. The van der Waals surface area contributed by atoms with Crippen molar-refractivity contribution in [3.63, 3.8) is 0 Å². The molecule has 2 heterocycles. The van der Waals surface area contributed by atoms with E-state index in [-0.39, 0.29) is 0 Å². The summed E-state index contributed by atoms with van der Waals surface area (Å²) in [5.74, 6) is 0.703. The van der Waals surface area contributed by atoms with Crippen LogP contribution in [0, 0.1) is 0 Å². The molecule has 55 heavy (non-hydrogen) atoms. The topological polar surface area (TPSA) is 30.7 Å². The molecule has 0 unspecified atom stereocenters. The van der Waals surface area contributed by atoms with Crippen molar-refractivity contribution in [1.82, 2.24) is 14.5 Å². The van der Waals surface area contributed by atoms with E-state index in [1.165, 1.54) is 48.8 Å². The third kappa shape index (κ3) is 5.05. The van der Waals surface area contributed by atoms with Crippen molar-refractivity contribution in [2.45, 2.75) is 0 Å². The molecule has 256 valence electrons. The third-order valence-corrected chi connectivity index (χ3v) is 11.0. The lowest BCUT2D eigenvalue weighted by molar-refractivity contribution is 1.18. The second-order valence-corrected chi connectivity index (χ2v) is 14.1. The van der Waals surface area contributed by atoms with E-state index in [2.05, 4.69) is 180 Å². The number of hydrogen-bond donors (Lipinski definition) is 0. The van der Waals surface area contributed by atoms with Crippen molar-refractivity contribution >= 4 is 54.1 Å². The summed E-state index contributed by atoms with van der Waals surface area (Å²) in [6.07, 6.45) is 0. The Hall–Kier alpha value is -7.36. The minimum absolute atomic E-state index is 0.703. The highest BCUT2D eigenvalue weighted by Gasteiger charge is 2.22. The van der Waals surface area contributed by atoms with Crippen molar-refractivity contribution in [3.8, 4) is 50.7 Å². The Balaban J connectivity index is 1.25. The second kappa shape index (κ2) is 12.6. The molecule has 0 radical (unpaired) electrons. The van der Waals surface area contributed by atoms with Crippen molar-refractivity contribution in [1.29, 1.82) is 0 Å². The fourth-order valence-electron chi connectivity index (χ4n) is 8.55. The van der Waals surface area contributed by atoms with Gasteiger partial charge in [0.1, 0.15) is 0 Å². The SMILES string of the molecule is c1ccc(-c2cc(-c3cccc4c3c3c(-c5ccccc5)cccc3n4-c3ccc4c5ccccc5c5ccccc5c4c3)nc(-c3ccccc3)n2)cc1. The van der Waals surface area contributed by atoms with E-state index in [0.717, 1.165) is 50.2 Å². The molecular formula is C52H33N3. The average Bonchev–Trinajstić information content (AvgIpc) is 3.62. The maximum absolute atomic E-state index is 5.32. The highest BCUT2D eigenvalue weighted by molar-refractivity contribution is 6.26. The first-order valence-corrected chi connectivity index (χ1v) is 18.8. The van der Waals surface area contributed by atoms with Crippen LogP contribution in [-0.2, 0) is 0 Å². The van der Waals surface area contributed by atoms with E-state index >= 15 is 0 Å². The molecule has 0 saturated carbocycles. The summed E-state index contributed by atoms with van der Waals surface area (Å²) in [5, 5.41) is 9.94. The van der Waals surface area contributed by atoms with Crippen LogP contribution < -0.4 is 0 Å². The molecule has 3 heteroatoms. The molecule has 0 aliphatic heterocycles. The molecule has 0 N–H and O–H groups in total. The molecule has 11 aromatic rings. The minimum atomic E-state index is 0.703. The number of benzene rings is 9. The summed E-state index contributed by atoms with van der Waals surface area (Å²) >= 11 is 0. The first-order chi connectivity index (χ1) is 27.3. The lowest BCUT2D eigenvalue weighted by Crippen LogP contribution is -1.97. The van der Waals surface area contributed by atoms with Gasteiger partial charge in [0, 0.05) is 33.2 Å². The molecule has 0 bridgehead atoms. The van der Waals surface area contributed by atoms with E-state index in [9.17, 15) is 0 Å². The van der Waals surface area contributed by atoms with Crippen molar-refractivity contribution < 1.29 is 0 Å². The predicted molar refractivity (Wildman–Crippen MR) is 231 cm³/mol. The Bertz CT molecular complexity index is 3140. The van der Waals surface area contributed by atoms with Gasteiger partial charge in [-0.15, -0.1) is 0 Å². The van der Waals surface area contributed by atoms with Crippen LogP contribution in [0.5, 0.6) is 0 Å². The van der Waals surface area contributed by atoms with Gasteiger partial charge in [-0.05, 0) is 73.8 Å². The highest BCUT2D eigenvalue weighted by Crippen LogP contribution is 2.44. The van der Waals surface area contributed by atoms with Gasteiger partial charge in [-0.2, -0.15) is 0 Å². The van der Waals surface area contributed by atoms with Crippen molar-refractivity contribution in [2.75, 3.05) is 0 Å². The number of fused-ring (bicyclic) bond motifs is 9. The van der Waals surface area contributed by atoms with Crippen LogP contribution >= 0.6 is 0 Å². The zero-order chi connectivity index (χ0) is 36.3. The van der Waals surface area contributed by atoms with Crippen LogP contribution in [0.15, 0.2) is 200 Å². The minimum Gasteiger partial charge on any atom is -0.309 e. The van der Waals surface area contributed by atoms with E-state index in [0.29, 0.717) is 5.82 Å². The lowest BCUT2D eigenvalue weighted by Gasteiger charge is -2.14. The fourth-order valence-corrected chi connectivity index (χ4v) is 8.55. The standard InChI is InChI=1S/C52H33N3/c1-4-16-34(17-5-1)38-26-14-28-48-50(38)51-44(47-33-46(35-18-6-2-7-19-35)53-52(54-47)36-20-8-3-9-21-36)27-15-29-49(51)55(48)37-30-31-43-41-24-11-10-22-39(41)40-23-12-13-25-42(40)45(43)32-37/h1-33H. The molecule has 0 aliphatic carbocycles. The predicted octanol–water partition coefficient (Wildman–Crippen LogP) is 13.7. The summed E-state index contributed by atoms with van der Waals surface area (Å²) in [4.78, 5) is 10.4. The Morgan fingerprint density at radius 1 is 0.309 bits per heavy atom. The van der Waals surface area contributed by atoms with Gasteiger partial charge in [0.05, 0.1) is 22.4 Å². The molecule has 0 fully saturated rings. The van der Waals surface area contributed by atoms with Gasteiger partial charge in [0.25, 0.3) is 0 Å². The summed E-state index contributed by atoms with van der Waals surface area (Å²) in [6, 6.07) is 71.5. The molecule has 0 spiro atoms. The van der Waals surface area contributed by atoms with E-state index in [1.807, 2.05) is 24.3 Å². The summed E-state index contributed by atoms with van der Waals surface area (Å²) in [5.41, 5.74) is 10.6. The van der Waals surface area contributed by atoms with Gasteiger partial charge in [-0.25, -0.2) is 9.97 Å². The quantitative estimate of drug-likeness (QED) is 0.167.